The maximum atomic E-state index is 12.7. The molecular formula is C27H21BrN2O5S. The number of anilines is 1. The van der Waals surface area contributed by atoms with Crippen molar-refractivity contribution in [2.24, 2.45) is 0 Å². The molecule has 0 bridgehead atoms. The molecule has 1 heterocycles. The molecule has 9 heteroatoms. The molecule has 1 fully saturated rings. The predicted octanol–water partition coefficient (Wildman–Crippen LogP) is 5.69. The standard InChI is InChI=1S/C27H21BrN2O5S/c1-17-4-2-3-5-22(17)29-25(32)16-35-21-12-6-18(7-13-21)14-24-26(33)30(27(34)36-24)15-23(31)19-8-10-20(28)11-9-19/h2-14H,15-16H2,1H3,(H,29,32)/b24-14-. The van der Waals surface area contributed by atoms with E-state index in [9.17, 15) is 19.2 Å². The van der Waals surface area contributed by atoms with Crippen LogP contribution in [0.1, 0.15) is 21.5 Å². The van der Waals surface area contributed by atoms with Gasteiger partial charge in [0.2, 0.25) is 0 Å². The molecule has 0 spiro atoms. The van der Waals surface area contributed by atoms with Crippen molar-refractivity contribution < 1.29 is 23.9 Å². The lowest BCUT2D eigenvalue weighted by molar-refractivity contribution is -0.122. The van der Waals surface area contributed by atoms with E-state index in [2.05, 4.69) is 21.2 Å². The van der Waals surface area contributed by atoms with Crippen LogP contribution in [-0.2, 0) is 9.59 Å². The van der Waals surface area contributed by atoms with E-state index in [4.69, 9.17) is 4.74 Å². The van der Waals surface area contributed by atoms with E-state index in [1.165, 1.54) is 0 Å². The van der Waals surface area contributed by atoms with Gasteiger partial charge in [-0.25, -0.2) is 0 Å². The predicted molar refractivity (Wildman–Crippen MR) is 143 cm³/mol. The van der Waals surface area contributed by atoms with Crippen LogP contribution in [0.4, 0.5) is 10.5 Å². The van der Waals surface area contributed by atoms with E-state index >= 15 is 0 Å². The second-order valence-corrected chi connectivity index (χ2v) is 9.83. The zero-order valence-corrected chi connectivity index (χ0v) is 21.6. The van der Waals surface area contributed by atoms with Crippen LogP contribution in [0.5, 0.6) is 5.75 Å². The van der Waals surface area contributed by atoms with Crippen LogP contribution >= 0.6 is 27.7 Å². The second-order valence-electron chi connectivity index (χ2n) is 7.92. The summed E-state index contributed by atoms with van der Waals surface area (Å²) in [6.45, 7) is 1.43. The Bertz CT molecular complexity index is 1350. The summed E-state index contributed by atoms with van der Waals surface area (Å²) in [5, 5.41) is 2.31. The molecule has 1 saturated heterocycles. The van der Waals surface area contributed by atoms with Crippen molar-refractivity contribution >= 4 is 62.3 Å². The van der Waals surface area contributed by atoms with Gasteiger partial charge in [0.05, 0.1) is 11.4 Å². The maximum absolute atomic E-state index is 12.7. The summed E-state index contributed by atoms with van der Waals surface area (Å²) >= 11 is 4.10. The molecule has 4 rings (SSSR count). The molecule has 0 aliphatic carbocycles. The molecule has 1 aliphatic rings. The number of carbonyl (C=O) groups excluding carboxylic acids is 4. The number of benzene rings is 3. The SMILES string of the molecule is Cc1ccccc1NC(=O)COc1ccc(/C=C2\SC(=O)N(CC(=O)c3ccc(Br)cc3)C2=O)cc1. The third kappa shape index (κ3) is 6.30. The summed E-state index contributed by atoms with van der Waals surface area (Å²) in [7, 11) is 0. The first kappa shape index (κ1) is 25.4. The van der Waals surface area contributed by atoms with E-state index < -0.39 is 11.1 Å². The minimum absolute atomic E-state index is 0.154. The first-order chi connectivity index (χ1) is 17.3. The second kappa shape index (κ2) is 11.4. The Morgan fingerprint density at radius 2 is 1.69 bits per heavy atom. The van der Waals surface area contributed by atoms with Gasteiger partial charge in [0.25, 0.3) is 17.1 Å². The molecule has 182 valence electrons. The number of para-hydroxylation sites is 1. The van der Waals surface area contributed by atoms with Gasteiger partial charge in [-0.05, 0) is 66.2 Å². The Morgan fingerprint density at radius 1 is 1.00 bits per heavy atom. The molecule has 36 heavy (non-hydrogen) atoms. The minimum atomic E-state index is -0.510. The number of nitrogens with one attached hydrogen (secondary N) is 1. The monoisotopic (exact) mass is 564 g/mol. The molecular weight excluding hydrogens is 544 g/mol. The molecule has 0 saturated carbocycles. The molecule has 0 aromatic heterocycles. The van der Waals surface area contributed by atoms with Gasteiger partial charge < -0.3 is 10.1 Å². The summed E-state index contributed by atoms with van der Waals surface area (Å²) in [6, 6.07) is 21.0. The number of hydrogen-bond acceptors (Lipinski definition) is 6. The zero-order valence-electron chi connectivity index (χ0n) is 19.2. The summed E-state index contributed by atoms with van der Waals surface area (Å²) < 4.78 is 6.37. The van der Waals surface area contributed by atoms with Crippen LogP contribution in [0.15, 0.2) is 82.2 Å². The van der Waals surface area contributed by atoms with Crippen LogP contribution in [0.25, 0.3) is 6.08 Å². The van der Waals surface area contributed by atoms with Gasteiger partial charge in [0, 0.05) is 15.7 Å². The van der Waals surface area contributed by atoms with Crippen LogP contribution < -0.4 is 10.1 Å². The number of amides is 3. The van der Waals surface area contributed by atoms with Gasteiger partial charge in [-0.1, -0.05) is 58.4 Å². The van der Waals surface area contributed by atoms with Gasteiger partial charge in [-0.3, -0.25) is 24.1 Å². The molecule has 1 N–H and O–H groups in total. The minimum Gasteiger partial charge on any atom is -0.484 e. The number of hydrogen-bond donors (Lipinski definition) is 1. The highest BCUT2D eigenvalue weighted by Gasteiger charge is 2.36. The number of rotatable bonds is 8. The van der Waals surface area contributed by atoms with Crippen LogP contribution in [-0.4, -0.2) is 40.9 Å². The summed E-state index contributed by atoms with van der Waals surface area (Å²) in [5.41, 5.74) is 2.78. The average Bonchev–Trinajstić information content (AvgIpc) is 3.12. The number of thioether (sulfide) groups is 1. The van der Waals surface area contributed by atoms with E-state index in [1.807, 2.05) is 31.2 Å². The molecule has 0 radical (unpaired) electrons. The van der Waals surface area contributed by atoms with Gasteiger partial charge in [0.15, 0.2) is 12.4 Å². The zero-order chi connectivity index (χ0) is 25.7. The number of Topliss-reactive ketones (excluding diaryl/α,β-unsaturated/α-hetero) is 1. The number of ketones is 1. The Kier molecular flexibility index (Phi) is 8.02. The summed E-state index contributed by atoms with van der Waals surface area (Å²) in [5.74, 6) is -0.623. The number of aryl methyl sites for hydroxylation is 1. The lowest BCUT2D eigenvalue weighted by Gasteiger charge is -2.11. The molecule has 7 nitrogen and oxygen atoms in total. The van der Waals surface area contributed by atoms with Crippen molar-refractivity contribution in [1.29, 1.82) is 0 Å². The lowest BCUT2D eigenvalue weighted by atomic mass is 10.1. The van der Waals surface area contributed by atoms with Crippen molar-refractivity contribution in [3.8, 4) is 5.75 Å². The summed E-state index contributed by atoms with van der Waals surface area (Å²) in [6.07, 6.45) is 1.59. The summed E-state index contributed by atoms with van der Waals surface area (Å²) in [4.78, 5) is 51.0. The number of halogens is 1. The van der Waals surface area contributed by atoms with Crippen LogP contribution in [0, 0.1) is 6.92 Å². The first-order valence-corrected chi connectivity index (χ1v) is 12.5. The van der Waals surface area contributed by atoms with E-state index in [-0.39, 0.29) is 29.7 Å². The van der Waals surface area contributed by atoms with Crippen molar-refractivity contribution in [2.75, 3.05) is 18.5 Å². The molecule has 3 aromatic carbocycles. The van der Waals surface area contributed by atoms with Crippen molar-refractivity contribution in [2.45, 2.75) is 6.92 Å². The highest BCUT2D eigenvalue weighted by atomic mass is 79.9. The number of nitrogens with zero attached hydrogens (tertiary/aromatic N) is 1. The molecule has 3 amide bonds. The van der Waals surface area contributed by atoms with E-state index in [1.54, 1.807) is 54.6 Å². The fraction of sp³-hybridized carbons (Fsp3) is 0.111. The molecule has 3 aromatic rings. The third-order valence-electron chi connectivity index (χ3n) is 5.31. The van der Waals surface area contributed by atoms with E-state index in [0.29, 0.717) is 16.9 Å². The quantitative estimate of drug-likeness (QED) is 0.279. The third-order valence-corrected chi connectivity index (χ3v) is 6.74. The Labute approximate surface area is 220 Å². The lowest BCUT2D eigenvalue weighted by Crippen LogP contribution is -2.33. The van der Waals surface area contributed by atoms with Gasteiger partial charge in [-0.2, -0.15) is 0 Å². The highest BCUT2D eigenvalue weighted by molar-refractivity contribution is 9.10. The van der Waals surface area contributed by atoms with Gasteiger partial charge in [-0.15, -0.1) is 0 Å². The number of imide groups is 1. The average molecular weight is 565 g/mol. The molecule has 0 unspecified atom stereocenters. The topological polar surface area (TPSA) is 92.8 Å². The van der Waals surface area contributed by atoms with Crippen LogP contribution in [0.3, 0.4) is 0 Å². The fourth-order valence-corrected chi connectivity index (χ4v) is 4.47. The number of ether oxygens (including phenoxy) is 1. The van der Waals surface area contributed by atoms with Gasteiger partial charge in [0.1, 0.15) is 5.75 Å². The van der Waals surface area contributed by atoms with Crippen LogP contribution in [0.2, 0.25) is 0 Å². The highest BCUT2D eigenvalue weighted by Crippen LogP contribution is 2.32. The largest absolute Gasteiger partial charge is 0.484 e. The fourth-order valence-electron chi connectivity index (χ4n) is 3.37. The molecule has 1 aliphatic heterocycles. The van der Waals surface area contributed by atoms with Crippen molar-refractivity contribution in [3.05, 3.63) is 98.9 Å². The Morgan fingerprint density at radius 3 is 2.39 bits per heavy atom. The Balaban J connectivity index is 1.34. The van der Waals surface area contributed by atoms with Crippen molar-refractivity contribution in [1.82, 2.24) is 4.90 Å². The molecule has 0 atom stereocenters. The van der Waals surface area contributed by atoms with Crippen molar-refractivity contribution in [3.63, 3.8) is 0 Å². The van der Waals surface area contributed by atoms with E-state index in [0.717, 1.165) is 32.4 Å². The maximum Gasteiger partial charge on any atom is 0.293 e. The smallest absolute Gasteiger partial charge is 0.293 e. The Hall–Kier alpha value is -3.69. The van der Waals surface area contributed by atoms with Gasteiger partial charge >= 0.3 is 0 Å². The normalized spacial score (nSPS) is 14.3. The number of carbonyl (C=O) groups is 4. The first-order valence-electron chi connectivity index (χ1n) is 10.9.